The first kappa shape index (κ1) is 23.2. The molecule has 2 aromatic carbocycles. The number of amides is 2. The van der Waals surface area contributed by atoms with Crippen LogP contribution in [0.1, 0.15) is 27.4 Å². The molecule has 0 saturated carbocycles. The van der Waals surface area contributed by atoms with E-state index in [0.717, 1.165) is 38.4 Å². The van der Waals surface area contributed by atoms with Crippen LogP contribution in [-0.4, -0.2) is 48.7 Å². The zero-order valence-electron chi connectivity index (χ0n) is 19.2. The molecule has 2 aromatic heterocycles. The summed E-state index contributed by atoms with van der Waals surface area (Å²) in [6.45, 7) is 3.53. The number of hydrogen-bond donors (Lipinski definition) is 3. The van der Waals surface area contributed by atoms with Crippen molar-refractivity contribution in [2.45, 2.75) is 45.3 Å². The highest BCUT2D eigenvalue weighted by Gasteiger charge is 2.35. The van der Waals surface area contributed by atoms with Crippen molar-refractivity contribution in [3.05, 3.63) is 87.4 Å². The lowest BCUT2D eigenvalue weighted by atomic mass is 10.1. The second kappa shape index (κ2) is 9.61. The van der Waals surface area contributed by atoms with Gasteiger partial charge < -0.3 is 25.0 Å². The molecule has 0 aliphatic carbocycles. The van der Waals surface area contributed by atoms with Gasteiger partial charge in [-0.2, -0.15) is 0 Å². The predicted octanol–water partition coefficient (Wildman–Crippen LogP) is 2.33. The fourth-order valence-corrected chi connectivity index (χ4v) is 5.23. The monoisotopic (exact) mass is 490 g/mol. The molecule has 1 aliphatic heterocycles. The normalized spacial score (nSPS) is 14.7. The van der Waals surface area contributed by atoms with E-state index in [2.05, 4.69) is 14.9 Å². The molecule has 0 saturated heterocycles. The lowest BCUT2D eigenvalue weighted by molar-refractivity contribution is -0.153. The summed E-state index contributed by atoms with van der Waals surface area (Å²) >= 11 is 1.50. The van der Waals surface area contributed by atoms with Crippen LogP contribution in [0, 0.1) is 6.92 Å². The Bertz CT molecular complexity index is 1370. The van der Waals surface area contributed by atoms with E-state index < -0.39 is 24.0 Å². The molecule has 0 unspecified atom stereocenters. The van der Waals surface area contributed by atoms with Gasteiger partial charge in [-0.15, -0.1) is 11.3 Å². The summed E-state index contributed by atoms with van der Waals surface area (Å²) in [4.78, 5) is 32.0. The van der Waals surface area contributed by atoms with Gasteiger partial charge in [0.15, 0.2) is 12.2 Å². The Hall–Kier alpha value is -3.53. The second-order valence-corrected chi connectivity index (χ2v) is 9.72. The highest BCUT2D eigenvalue weighted by molar-refractivity contribution is 7.10. The van der Waals surface area contributed by atoms with Crippen molar-refractivity contribution >= 4 is 34.2 Å². The summed E-state index contributed by atoms with van der Waals surface area (Å²) in [6, 6.07) is 17.6. The zero-order valence-corrected chi connectivity index (χ0v) is 20.0. The molecule has 5 rings (SSSR count). The van der Waals surface area contributed by atoms with E-state index in [-0.39, 0.29) is 6.54 Å². The van der Waals surface area contributed by atoms with Crippen LogP contribution in [0.4, 0.5) is 0 Å². The van der Waals surface area contributed by atoms with Crippen LogP contribution in [-0.2, 0) is 35.8 Å². The highest BCUT2D eigenvalue weighted by atomic mass is 32.1. The van der Waals surface area contributed by atoms with Gasteiger partial charge in [0.2, 0.25) is 0 Å². The van der Waals surface area contributed by atoms with Crippen LogP contribution in [0.3, 0.4) is 0 Å². The third-order valence-electron chi connectivity index (χ3n) is 6.30. The van der Waals surface area contributed by atoms with Crippen LogP contribution in [0.5, 0.6) is 0 Å². The van der Waals surface area contributed by atoms with Gasteiger partial charge in [-0.05, 0) is 47.2 Å². The molecule has 0 bridgehead atoms. The van der Waals surface area contributed by atoms with Crippen molar-refractivity contribution in [3.63, 3.8) is 0 Å². The molecule has 3 N–H and O–H groups in total. The van der Waals surface area contributed by atoms with Crippen LogP contribution < -0.4 is 5.32 Å². The van der Waals surface area contributed by atoms with Crippen molar-refractivity contribution in [1.82, 2.24) is 19.8 Å². The van der Waals surface area contributed by atoms with Gasteiger partial charge in [0.05, 0.1) is 24.1 Å². The molecule has 1 aliphatic rings. The SMILES string of the molecule is Cc1nc2ccccc2n1Cc1csc(CNC(=O)[C@H](O)[C@@H](O)C(=O)N2Cc3ccccc3C2)c1. The van der Waals surface area contributed by atoms with Crippen LogP contribution in [0.2, 0.25) is 0 Å². The van der Waals surface area contributed by atoms with Crippen molar-refractivity contribution in [3.8, 4) is 0 Å². The molecule has 180 valence electrons. The van der Waals surface area contributed by atoms with Crippen LogP contribution in [0.25, 0.3) is 11.0 Å². The molecule has 3 heterocycles. The van der Waals surface area contributed by atoms with E-state index in [0.29, 0.717) is 19.6 Å². The average molecular weight is 491 g/mol. The van der Waals surface area contributed by atoms with Crippen LogP contribution in [0.15, 0.2) is 60.0 Å². The van der Waals surface area contributed by atoms with E-state index in [1.54, 1.807) is 0 Å². The molecular weight excluding hydrogens is 464 g/mol. The van der Waals surface area contributed by atoms with Gasteiger partial charge in [0, 0.05) is 18.0 Å². The van der Waals surface area contributed by atoms with E-state index in [1.807, 2.05) is 66.9 Å². The molecule has 2 amide bonds. The minimum Gasteiger partial charge on any atom is -0.380 e. The van der Waals surface area contributed by atoms with E-state index in [4.69, 9.17) is 0 Å². The maximum absolute atomic E-state index is 12.6. The largest absolute Gasteiger partial charge is 0.380 e. The molecule has 0 spiro atoms. The van der Waals surface area contributed by atoms with Gasteiger partial charge in [-0.3, -0.25) is 9.59 Å². The third kappa shape index (κ3) is 4.70. The van der Waals surface area contributed by atoms with Crippen molar-refractivity contribution < 1.29 is 19.8 Å². The number of carbonyl (C=O) groups excluding carboxylic acids is 2. The number of aliphatic hydroxyl groups excluding tert-OH is 2. The number of carbonyl (C=O) groups is 2. The molecule has 9 heteroatoms. The van der Waals surface area contributed by atoms with Gasteiger partial charge in [0.25, 0.3) is 11.8 Å². The Labute approximate surface area is 206 Å². The molecule has 0 fully saturated rings. The topological polar surface area (TPSA) is 108 Å². The summed E-state index contributed by atoms with van der Waals surface area (Å²) in [6.07, 6.45) is -3.66. The van der Waals surface area contributed by atoms with Crippen molar-refractivity contribution in [2.75, 3.05) is 0 Å². The van der Waals surface area contributed by atoms with Crippen molar-refractivity contribution in [2.24, 2.45) is 0 Å². The number of hydrogen-bond acceptors (Lipinski definition) is 6. The zero-order chi connectivity index (χ0) is 24.5. The predicted molar refractivity (Wildman–Crippen MR) is 132 cm³/mol. The maximum atomic E-state index is 12.6. The number of imidazole rings is 1. The van der Waals surface area contributed by atoms with Gasteiger partial charge in [0.1, 0.15) is 5.82 Å². The minimum atomic E-state index is -1.84. The summed E-state index contributed by atoms with van der Waals surface area (Å²) in [5.41, 5.74) is 5.09. The first-order valence-electron chi connectivity index (χ1n) is 11.4. The number of rotatable bonds is 7. The maximum Gasteiger partial charge on any atom is 0.255 e. The fraction of sp³-hybridized carbons (Fsp3) is 0.269. The summed E-state index contributed by atoms with van der Waals surface area (Å²) in [7, 11) is 0. The Morgan fingerprint density at radius 2 is 1.74 bits per heavy atom. The lowest BCUT2D eigenvalue weighted by Gasteiger charge is -2.22. The standard InChI is InChI=1S/C26H26N4O4S/c1-16-28-21-8-4-5-9-22(21)30(16)12-17-10-20(35-15-17)11-27-25(33)23(31)24(32)26(34)29-13-18-6-2-3-7-19(18)14-29/h2-10,15,23-24,31-32H,11-14H2,1H3,(H,27,33)/t23-,24-/m1/s1. The Balaban J connectivity index is 1.16. The molecule has 35 heavy (non-hydrogen) atoms. The van der Waals surface area contributed by atoms with E-state index in [9.17, 15) is 19.8 Å². The van der Waals surface area contributed by atoms with Crippen molar-refractivity contribution in [1.29, 1.82) is 0 Å². The molecule has 8 nitrogen and oxygen atoms in total. The average Bonchev–Trinajstić information content (AvgIpc) is 3.58. The molecule has 2 atom stereocenters. The lowest BCUT2D eigenvalue weighted by Crippen LogP contribution is -2.49. The Morgan fingerprint density at radius 1 is 1.06 bits per heavy atom. The summed E-state index contributed by atoms with van der Waals surface area (Å²) in [5.74, 6) is -0.519. The first-order chi connectivity index (χ1) is 16.9. The quantitative estimate of drug-likeness (QED) is 0.369. The minimum absolute atomic E-state index is 0.195. The summed E-state index contributed by atoms with van der Waals surface area (Å²) in [5, 5.41) is 25.3. The number of nitrogens with one attached hydrogen (secondary N) is 1. The second-order valence-electron chi connectivity index (χ2n) is 8.73. The number of aryl methyl sites for hydroxylation is 1. The highest BCUT2D eigenvalue weighted by Crippen LogP contribution is 2.24. The summed E-state index contributed by atoms with van der Waals surface area (Å²) < 4.78 is 2.14. The third-order valence-corrected chi connectivity index (χ3v) is 7.29. The van der Waals surface area contributed by atoms with Gasteiger partial charge >= 0.3 is 0 Å². The number of thiophene rings is 1. The van der Waals surface area contributed by atoms with Gasteiger partial charge in [-0.1, -0.05) is 36.4 Å². The van der Waals surface area contributed by atoms with Gasteiger partial charge in [-0.25, -0.2) is 4.98 Å². The molecular formula is C26H26N4O4S. The molecule has 4 aromatic rings. The number of aliphatic hydroxyl groups is 2. The first-order valence-corrected chi connectivity index (χ1v) is 12.3. The Kier molecular flexibility index (Phi) is 6.38. The number of para-hydroxylation sites is 2. The number of fused-ring (bicyclic) bond motifs is 2. The number of nitrogens with zero attached hydrogens (tertiary/aromatic N) is 3. The number of benzene rings is 2. The van der Waals surface area contributed by atoms with Crippen LogP contribution >= 0.6 is 11.3 Å². The Morgan fingerprint density at radius 3 is 2.49 bits per heavy atom. The van der Waals surface area contributed by atoms with E-state index in [1.165, 1.54) is 16.2 Å². The fourth-order valence-electron chi connectivity index (χ4n) is 4.41. The molecule has 0 radical (unpaired) electrons. The van der Waals surface area contributed by atoms with E-state index >= 15 is 0 Å². The number of aromatic nitrogens is 2. The smallest absolute Gasteiger partial charge is 0.255 e.